The van der Waals surface area contributed by atoms with Crippen molar-refractivity contribution in [2.75, 3.05) is 35.8 Å². The molecule has 1 amide bonds. The highest BCUT2D eigenvalue weighted by Crippen LogP contribution is 2.24. The molecule has 0 radical (unpaired) electrons. The van der Waals surface area contributed by atoms with Crippen LogP contribution >= 0.6 is 11.3 Å². The third-order valence-electron chi connectivity index (χ3n) is 5.19. The van der Waals surface area contributed by atoms with Crippen LogP contribution in [0.4, 0.5) is 19.6 Å². The third kappa shape index (κ3) is 5.29. The fraction of sp³-hybridized carbons (Fsp3) is 0.238. The van der Waals surface area contributed by atoms with Gasteiger partial charge >= 0.3 is 0 Å². The van der Waals surface area contributed by atoms with Gasteiger partial charge in [0.25, 0.3) is 15.9 Å². The third-order valence-corrected chi connectivity index (χ3v) is 7.36. The Morgan fingerprint density at radius 3 is 2.30 bits per heavy atom. The Balaban J connectivity index is 0.00000216. The zero-order valence-electron chi connectivity index (χ0n) is 17.2. The Bertz CT molecular complexity index is 1220. The van der Waals surface area contributed by atoms with Gasteiger partial charge in [-0.3, -0.25) is 9.52 Å². The molecule has 0 saturated carbocycles. The van der Waals surface area contributed by atoms with Gasteiger partial charge in [0.05, 0.1) is 4.90 Å². The Morgan fingerprint density at radius 1 is 1.09 bits per heavy atom. The number of halogens is 2. The zero-order chi connectivity index (χ0) is 23.6. The van der Waals surface area contributed by atoms with Crippen LogP contribution in [-0.4, -0.2) is 55.5 Å². The van der Waals surface area contributed by atoms with E-state index in [4.69, 9.17) is 0 Å². The van der Waals surface area contributed by atoms with Gasteiger partial charge in [0, 0.05) is 52.4 Å². The summed E-state index contributed by atoms with van der Waals surface area (Å²) in [4.78, 5) is 20.0. The highest BCUT2D eigenvalue weighted by Gasteiger charge is 2.28. The van der Waals surface area contributed by atoms with E-state index in [1.54, 1.807) is 17.5 Å². The molecule has 1 aliphatic rings. The van der Waals surface area contributed by atoms with E-state index in [0.717, 1.165) is 17.8 Å². The van der Waals surface area contributed by atoms with Crippen molar-refractivity contribution in [3.63, 3.8) is 0 Å². The van der Waals surface area contributed by atoms with E-state index < -0.39 is 33.7 Å². The van der Waals surface area contributed by atoms with E-state index in [2.05, 4.69) is 9.71 Å². The summed E-state index contributed by atoms with van der Waals surface area (Å²) in [7, 11) is -3.75. The first-order valence-corrected chi connectivity index (χ1v) is 12.3. The molecule has 2 aromatic carbocycles. The average molecular weight is 499 g/mol. The quantitative estimate of drug-likeness (QED) is 0.542. The minimum Gasteiger partial charge on any atom is -0.378 e. The molecule has 1 atom stereocenters. The number of amides is 1. The lowest BCUT2D eigenvalue weighted by Gasteiger charge is -2.37. The number of hydrogen-bond donors (Lipinski definition) is 2. The molecule has 3 aromatic rings. The lowest BCUT2D eigenvalue weighted by atomic mass is 10.1. The topological polar surface area (TPSA) is 103 Å². The van der Waals surface area contributed by atoms with Crippen LogP contribution in [0.1, 0.15) is 14.5 Å². The molecule has 1 aromatic heterocycles. The van der Waals surface area contributed by atoms with Crippen molar-refractivity contribution in [1.29, 1.82) is 0 Å². The maximum atomic E-state index is 13.4. The number of carbonyl (C=O) groups excluding carboxylic acids is 1. The maximum absolute atomic E-state index is 13.4. The van der Waals surface area contributed by atoms with Crippen LogP contribution in [0, 0.1) is 11.6 Å². The van der Waals surface area contributed by atoms with Gasteiger partial charge < -0.3 is 14.9 Å². The number of nitrogens with one attached hydrogen (secondary N) is 1. The first kappa shape index (κ1) is 23.1. The number of thiazole rings is 1. The van der Waals surface area contributed by atoms with Crippen molar-refractivity contribution < 1.29 is 30.0 Å². The van der Waals surface area contributed by atoms with E-state index in [0.29, 0.717) is 32.2 Å². The minimum atomic E-state index is -3.75. The number of piperazine rings is 1. The Kier molecular flexibility index (Phi) is 6.58. The molecule has 1 saturated heterocycles. The highest BCUT2D eigenvalue weighted by atomic mass is 32.2. The molecule has 1 unspecified atom stereocenters. The predicted molar refractivity (Wildman–Crippen MR) is 124 cm³/mol. The fourth-order valence-corrected chi connectivity index (χ4v) is 5.31. The number of carbonyl (C=O) groups is 1. The van der Waals surface area contributed by atoms with Crippen molar-refractivity contribution in [2.24, 2.45) is 0 Å². The molecule has 2 N–H and O–H groups in total. The summed E-state index contributed by atoms with van der Waals surface area (Å²) in [5, 5.41) is 12.2. The fourth-order valence-electron chi connectivity index (χ4n) is 3.52. The smallest absolute Gasteiger partial charge is 0.263 e. The molecule has 4 rings (SSSR count). The largest absolute Gasteiger partial charge is 0.378 e. The molecule has 8 nitrogen and oxygen atoms in total. The summed E-state index contributed by atoms with van der Waals surface area (Å²) in [6, 6.07) is 8.87. The minimum absolute atomic E-state index is 0. The number of hydrogen-bond acceptors (Lipinski definition) is 7. The van der Waals surface area contributed by atoms with Gasteiger partial charge in [-0.15, -0.1) is 11.3 Å². The number of aromatic nitrogens is 1. The molecule has 178 valence electrons. The normalized spacial score (nSPS) is 15.4. The van der Waals surface area contributed by atoms with Crippen molar-refractivity contribution in [1.82, 2.24) is 9.88 Å². The summed E-state index contributed by atoms with van der Waals surface area (Å²) in [6.45, 7) is 1.47. The molecule has 0 aliphatic carbocycles. The monoisotopic (exact) mass is 498 g/mol. The molecular formula is C21H24F2N4O4S2. The summed E-state index contributed by atoms with van der Waals surface area (Å²) in [5.74, 6) is -2.36. The molecule has 2 heterocycles. The first-order valence-electron chi connectivity index (χ1n) is 9.93. The van der Waals surface area contributed by atoms with E-state index in [9.17, 15) is 27.1 Å². The number of aliphatic hydroxyl groups excluding tert-OH is 1. The van der Waals surface area contributed by atoms with Crippen LogP contribution in [-0.2, 0) is 14.8 Å². The zero-order valence-corrected chi connectivity index (χ0v) is 18.8. The van der Waals surface area contributed by atoms with Crippen molar-refractivity contribution >= 4 is 38.1 Å². The van der Waals surface area contributed by atoms with Crippen LogP contribution in [0.25, 0.3) is 0 Å². The van der Waals surface area contributed by atoms with Crippen LogP contribution < -0.4 is 9.62 Å². The van der Waals surface area contributed by atoms with Gasteiger partial charge in [-0.25, -0.2) is 22.2 Å². The second-order valence-corrected chi connectivity index (χ2v) is 9.93. The van der Waals surface area contributed by atoms with Crippen LogP contribution in [0.5, 0.6) is 0 Å². The van der Waals surface area contributed by atoms with E-state index in [-0.39, 0.29) is 18.4 Å². The number of rotatable bonds is 6. The SMILES string of the molecule is O=C(C(O)c1cc(F)cc(F)c1)N1CCN(c2ccc(S(=O)(=O)Nc3nccs3)cc2)CC1.[HH].[HH]. The van der Waals surface area contributed by atoms with Gasteiger partial charge in [0.1, 0.15) is 11.6 Å². The summed E-state index contributed by atoms with van der Waals surface area (Å²) in [5.41, 5.74) is 0.645. The molecule has 12 heteroatoms. The Labute approximate surface area is 196 Å². The number of nitrogens with zero attached hydrogens (tertiary/aromatic N) is 3. The summed E-state index contributed by atoms with van der Waals surface area (Å²) in [6.07, 6.45) is -0.151. The molecule has 0 spiro atoms. The maximum Gasteiger partial charge on any atom is 0.263 e. The van der Waals surface area contributed by atoms with E-state index in [1.165, 1.54) is 34.6 Å². The van der Waals surface area contributed by atoms with Crippen molar-refractivity contribution in [2.45, 2.75) is 11.0 Å². The predicted octanol–water partition coefficient (Wildman–Crippen LogP) is 3.10. The Morgan fingerprint density at radius 2 is 1.73 bits per heavy atom. The number of sulfonamides is 1. The lowest BCUT2D eigenvalue weighted by molar-refractivity contribution is -0.140. The molecule has 33 heavy (non-hydrogen) atoms. The van der Waals surface area contributed by atoms with Gasteiger partial charge in [0.2, 0.25) is 0 Å². The van der Waals surface area contributed by atoms with Crippen LogP contribution in [0.2, 0.25) is 0 Å². The number of anilines is 2. The standard InChI is InChI=1S/C21H20F2N4O4S2.2H2/c22-15-11-14(12-16(23)13-15)19(28)20(29)27-8-6-26(7-9-27)17-1-3-18(4-2-17)33(30,31)25-21-24-5-10-32-21;;/h1-5,10-13,19,28H,6-9H2,(H,24,25);2*1H. The molecular weight excluding hydrogens is 474 g/mol. The second kappa shape index (κ2) is 9.41. The van der Waals surface area contributed by atoms with Gasteiger partial charge in [-0.2, -0.15) is 0 Å². The van der Waals surface area contributed by atoms with Crippen molar-refractivity contribution in [3.8, 4) is 0 Å². The van der Waals surface area contributed by atoms with Crippen LogP contribution in [0.15, 0.2) is 58.9 Å². The average Bonchev–Trinajstić information content (AvgIpc) is 3.30. The number of benzene rings is 2. The molecule has 1 aliphatic heterocycles. The molecule has 0 bridgehead atoms. The lowest BCUT2D eigenvalue weighted by Crippen LogP contribution is -2.50. The molecule has 1 fully saturated rings. The van der Waals surface area contributed by atoms with Gasteiger partial charge in [0.15, 0.2) is 11.2 Å². The van der Waals surface area contributed by atoms with E-state index >= 15 is 0 Å². The Hall–Kier alpha value is -3.09. The van der Waals surface area contributed by atoms with Gasteiger partial charge in [-0.05, 0) is 42.0 Å². The highest BCUT2D eigenvalue weighted by molar-refractivity contribution is 7.93. The number of aliphatic hydroxyl groups is 1. The summed E-state index contributed by atoms with van der Waals surface area (Å²) >= 11 is 1.18. The second-order valence-electron chi connectivity index (χ2n) is 7.35. The van der Waals surface area contributed by atoms with Gasteiger partial charge in [-0.1, -0.05) is 0 Å². The van der Waals surface area contributed by atoms with Crippen LogP contribution in [0.3, 0.4) is 0 Å². The summed E-state index contributed by atoms with van der Waals surface area (Å²) < 4.78 is 54.1. The van der Waals surface area contributed by atoms with E-state index in [1.807, 2.05) is 4.90 Å². The first-order chi connectivity index (χ1) is 15.7. The van der Waals surface area contributed by atoms with Crippen molar-refractivity contribution in [3.05, 3.63) is 71.2 Å².